The smallest absolute Gasteiger partial charge is 0.335 e. The lowest BCUT2D eigenvalue weighted by atomic mass is 9.89. The molecule has 15 rings (SSSR count). The van der Waals surface area contributed by atoms with Crippen molar-refractivity contribution in [3.63, 3.8) is 0 Å². The van der Waals surface area contributed by atoms with E-state index in [1.54, 1.807) is 0 Å². The Morgan fingerprint density at radius 3 is 1.86 bits per heavy atom. The highest BCUT2D eigenvalue weighted by atomic mass is 35.5. The molecule has 0 radical (unpaired) electrons. The molecule has 21 N–H and O–H groups in total. The SMILES string of the molecule is CN[C@H]1C(=O)N[C@@H]2Cc3ccc(cc3)Oc3cc4cc(c3O[C@@H]3O[C@H](C(=O)O)[C@@H](O)[C@H](O)[C@H]3NC(=O)CCCCCCCCC(C)C)Oc3ccc(cc3Cl)[C@@H](O)[C@@H]3NC(=O)[C@H](NC(=O)[C@@H]4NC(=O)[C@@H](NC2=O)c2cc(cc(O)c2Cl)Oc2cc1ccc2O)c1ccc(O)c(c1)-c1c(OC2O[C@H](CO)[C@@H](O)[C@H](O)[C@@H]2O)cc(O)cc1[C@@H](C(=O)O)NC3=O. The van der Waals surface area contributed by atoms with Crippen LogP contribution in [0.2, 0.25) is 10.0 Å². The normalized spacial score (nSPS) is 26.5. The highest BCUT2D eigenvalue weighted by Gasteiger charge is 2.52. The van der Waals surface area contributed by atoms with Gasteiger partial charge in [0.05, 0.1) is 16.7 Å². The number of phenols is 4. The molecule has 7 amide bonds. The van der Waals surface area contributed by atoms with E-state index < -0.39 is 271 Å². The molecule has 7 aromatic rings. The number of rotatable bonds is 18. The Morgan fingerprint density at radius 2 is 1.17 bits per heavy atom. The molecule has 39 heteroatoms. The Kier molecular flexibility index (Phi) is 26.8. The molecular formula is C83H88Cl2N8O29. The quantitative estimate of drug-likeness (QED) is 0.0536. The molecule has 0 spiro atoms. The maximum Gasteiger partial charge on any atom is 0.335 e. The van der Waals surface area contributed by atoms with Crippen LogP contribution in [0.3, 0.4) is 0 Å². The highest BCUT2D eigenvalue weighted by molar-refractivity contribution is 6.33. The number of aliphatic carboxylic acids is 2. The number of benzene rings is 7. The van der Waals surface area contributed by atoms with Crippen LogP contribution in [0.1, 0.15) is 140 Å². The number of carbonyl (C=O) groups excluding carboxylic acids is 7. The molecule has 2 fully saturated rings. The monoisotopic (exact) mass is 1730 g/mol. The topological polar surface area (TPSA) is 577 Å². The summed E-state index contributed by atoms with van der Waals surface area (Å²) in [4.78, 5) is 136. The van der Waals surface area contributed by atoms with Crippen LogP contribution < -0.4 is 66.2 Å². The number of halogens is 2. The molecule has 8 aliphatic rings. The van der Waals surface area contributed by atoms with Gasteiger partial charge >= 0.3 is 11.9 Å². The predicted octanol–water partition coefficient (Wildman–Crippen LogP) is 4.18. The maximum absolute atomic E-state index is 16.7. The number of nitrogens with one attached hydrogen (secondary N) is 8. The number of carboxylic acid groups (broad SMARTS) is 2. The first kappa shape index (κ1) is 88.0. The number of aliphatic hydroxyl groups excluding tert-OH is 7. The van der Waals surface area contributed by atoms with E-state index in [9.17, 15) is 85.6 Å². The van der Waals surface area contributed by atoms with E-state index in [0.717, 1.165) is 105 Å². The number of likely N-dealkylation sites (N-methyl/N-ethyl adjacent to an activating group) is 1. The Morgan fingerprint density at radius 1 is 0.533 bits per heavy atom. The van der Waals surface area contributed by atoms with E-state index >= 15 is 24.0 Å². The molecule has 18 atom stereocenters. The number of phenolic OH excluding ortho intramolecular Hbond substituents is 4. The van der Waals surface area contributed by atoms with Gasteiger partial charge in [-0.2, -0.15) is 0 Å². The minimum Gasteiger partial charge on any atom is -0.508 e. The molecule has 2 saturated heterocycles. The first-order valence-corrected chi connectivity index (χ1v) is 39.7. The zero-order chi connectivity index (χ0) is 87.6. The van der Waals surface area contributed by atoms with Gasteiger partial charge in [-0.3, -0.25) is 33.6 Å². The largest absolute Gasteiger partial charge is 0.508 e. The molecule has 1 unspecified atom stereocenters. The molecule has 17 bridgehead atoms. The number of unbranched alkanes of at least 4 members (excludes halogenated alkanes) is 5. The van der Waals surface area contributed by atoms with E-state index in [1.807, 2.05) is 0 Å². The van der Waals surface area contributed by atoms with Gasteiger partial charge in [0.1, 0.15) is 125 Å². The number of carbonyl (C=O) groups is 9. The third-order valence-electron chi connectivity index (χ3n) is 21.6. The van der Waals surface area contributed by atoms with Crippen molar-refractivity contribution < 1.29 is 143 Å². The molecule has 0 saturated carbocycles. The van der Waals surface area contributed by atoms with Crippen LogP contribution in [0.5, 0.6) is 69.0 Å². The first-order chi connectivity index (χ1) is 58.2. The number of aromatic hydroxyl groups is 4. The predicted molar refractivity (Wildman–Crippen MR) is 424 cm³/mol. The van der Waals surface area contributed by atoms with Crippen molar-refractivity contribution >= 4 is 76.5 Å². The number of carboxylic acids is 2. The third-order valence-corrected chi connectivity index (χ3v) is 22.3. The summed E-state index contributed by atoms with van der Waals surface area (Å²) >= 11 is 14.2. The summed E-state index contributed by atoms with van der Waals surface area (Å²) in [6, 6.07) is 4.41. The molecule has 8 aliphatic heterocycles. The number of aliphatic hydroxyl groups is 7. The summed E-state index contributed by atoms with van der Waals surface area (Å²) in [6.45, 7) is 3.26. The zero-order valence-electron chi connectivity index (χ0n) is 65.1. The van der Waals surface area contributed by atoms with Crippen molar-refractivity contribution in [2.45, 2.75) is 181 Å². The minimum absolute atomic E-state index is 0.153. The summed E-state index contributed by atoms with van der Waals surface area (Å²) < 4.78 is 44.0. The lowest BCUT2D eigenvalue weighted by Crippen LogP contribution is -2.66. The average molecular weight is 1730 g/mol. The van der Waals surface area contributed by atoms with Gasteiger partial charge in [-0.1, -0.05) is 106 Å². The van der Waals surface area contributed by atoms with Crippen molar-refractivity contribution in [3.8, 4) is 80.1 Å². The molecule has 122 heavy (non-hydrogen) atoms. The van der Waals surface area contributed by atoms with Crippen LogP contribution in [0, 0.1) is 5.92 Å². The lowest BCUT2D eigenvalue weighted by molar-refractivity contribution is -0.277. The van der Waals surface area contributed by atoms with E-state index in [0.29, 0.717) is 18.8 Å². The highest BCUT2D eigenvalue weighted by Crippen LogP contribution is 2.50. The molecule has 0 aliphatic carbocycles. The van der Waals surface area contributed by atoms with E-state index in [1.165, 1.54) is 49.5 Å². The van der Waals surface area contributed by atoms with Crippen LogP contribution in [-0.2, 0) is 59.0 Å². The van der Waals surface area contributed by atoms with Gasteiger partial charge in [0.2, 0.25) is 59.7 Å². The molecule has 8 heterocycles. The van der Waals surface area contributed by atoms with Crippen LogP contribution in [-0.4, -0.2) is 207 Å². The van der Waals surface area contributed by atoms with Crippen LogP contribution >= 0.6 is 23.2 Å². The fourth-order valence-corrected chi connectivity index (χ4v) is 15.6. The third kappa shape index (κ3) is 18.9. The summed E-state index contributed by atoms with van der Waals surface area (Å²) in [5, 5.41) is 167. The van der Waals surface area contributed by atoms with Gasteiger partial charge in [0.25, 0.3) is 0 Å². The standard InChI is InChI=1S/C83H88Cl2N8O29/c1-33(2)10-8-6-4-5-7-9-11-56(99)88-65-68(102)70(104)73(81(114)115)122-82(65)121-72-53-26-38-27-54(72)118-50-21-16-37(24-45(50)84)66(100)64-79(111)92-63(80(112)113)43-28-39(95)29-52(119-83-71(105)69(103)67(101)55(32-94)120-83)57(43)42-23-35(14-19-47(42)96)60(76(108)93-64)89-77(109)61(38)90-78(110)62-44-30-41(31-49(98)58(44)85)117-51-25-36(15-20-48(51)97)59(86-3)75(107)87-46(74(106)91-62)22-34-12-17-40(116-53)18-13-34/h12-21,23-31,33,46,55,59-71,73,82-83,86,94-98,100-105H,4-11,22,32H2,1-3H3,(H,87,107)(H,88,99)(H,89,109)(H,90,110)(H,91,106)(H,92,111)(H,93,108)(H,112,113)(H,114,115)/t46-,55-,59-,60-,61-,62+,63+,64+,65-,66-,67-,68-,69+,70+,71+,73+,82-,83?/m1/s1. The van der Waals surface area contributed by atoms with Gasteiger partial charge in [0, 0.05) is 47.2 Å². The number of hydrogen-bond donors (Lipinski definition) is 21. The molecule has 37 nitrogen and oxygen atoms in total. The Bertz CT molecular complexity index is 5200. The van der Waals surface area contributed by atoms with Crippen LogP contribution in [0.4, 0.5) is 0 Å². The van der Waals surface area contributed by atoms with E-state index in [2.05, 4.69) is 56.4 Å². The number of fused-ring (bicyclic) bond motifs is 14. The van der Waals surface area contributed by atoms with Gasteiger partial charge in [0.15, 0.2) is 35.1 Å². The second kappa shape index (κ2) is 37.2. The van der Waals surface area contributed by atoms with Gasteiger partial charge in [-0.05, 0) is 120 Å². The molecule has 648 valence electrons. The Balaban J connectivity index is 1.04. The van der Waals surface area contributed by atoms with Crippen molar-refractivity contribution in [1.82, 2.24) is 42.5 Å². The molecular weight excluding hydrogens is 1640 g/mol. The van der Waals surface area contributed by atoms with Crippen molar-refractivity contribution in [2.75, 3.05) is 13.7 Å². The second-order valence-electron chi connectivity index (χ2n) is 30.6. The number of ether oxygens (including phenoxy) is 7. The van der Waals surface area contributed by atoms with Crippen molar-refractivity contribution in [3.05, 3.63) is 164 Å². The van der Waals surface area contributed by atoms with E-state index in [4.69, 9.17) is 56.4 Å². The van der Waals surface area contributed by atoms with Crippen LogP contribution in [0.25, 0.3) is 11.1 Å². The van der Waals surface area contributed by atoms with Crippen LogP contribution in [0.15, 0.2) is 115 Å². The average Bonchev–Trinajstić information content (AvgIpc) is 0.760. The molecule has 0 aromatic heterocycles. The van der Waals surface area contributed by atoms with Gasteiger partial charge in [-0.15, -0.1) is 0 Å². The van der Waals surface area contributed by atoms with E-state index in [-0.39, 0.29) is 40.4 Å². The number of hydrogen-bond acceptors (Lipinski definition) is 28. The minimum atomic E-state index is -2.47. The Hall–Kier alpha value is -11.9. The second-order valence-corrected chi connectivity index (χ2v) is 31.4. The fraction of sp³-hybridized carbons (Fsp3) is 0.386. The van der Waals surface area contributed by atoms with Crippen molar-refractivity contribution in [2.24, 2.45) is 5.92 Å². The number of amides is 7. The van der Waals surface area contributed by atoms with Gasteiger partial charge < -0.3 is 142 Å². The first-order valence-electron chi connectivity index (χ1n) is 38.9. The Labute approximate surface area is 703 Å². The lowest BCUT2D eigenvalue weighted by Gasteiger charge is -2.41. The van der Waals surface area contributed by atoms with Gasteiger partial charge in [-0.25, -0.2) is 9.59 Å². The maximum atomic E-state index is 16.7. The molecule has 7 aromatic carbocycles. The summed E-state index contributed by atoms with van der Waals surface area (Å²) in [7, 11) is 1.42. The summed E-state index contributed by atoms with van der Waals surface area (Å²) in [5.74, 6) is -19.0. The van der Waals surface area contributed by atoms with Crippen molar-refractivity contribution in [1.29, 1.82) is 0 Å². The zero-order valence-corrected chi connectivity index (χ0v) is 66.6. The summed E-state index contributed by atoms with van der Waals surface area (Å²) in [6.07, 6.45) is -16.3. The fourth-order valence-electron chi connectivity index (χ4n) is 15.2. The summed E-state index contributed by atoms with van der Waals surface area (Å²) in [5.41, 5.74) is -3.29.